The summed E-state index contributed by atoms with van der Waals surface area (Å²) in [5, 5.41) is 5.04. The quantitative estimate of drug-likeness (QED) is 0.579. The standard InChI is InChI=1S/C15H24N4O4S/c1-5-9(2)13(19-15(16)21)14(20)18-11-7-6-10(3)12(8-11)24(22,23)17-4/h6-9,13,17H,5H2,1-4H3,(H,18,20)(H3,16,19,21)/t9-,13-/m0/s1. The predicted octanol–water partition coefficient (Wildman–Crippen LogP) is 0.925. The zero-order chi connectivity index (χ0) is 18.5. The Morgan fingerprint density at radius 2 is 1.92 bits per heavy atom. The zero-order valence-electron chi connectivity index (χ0n) is 14.2. The molecule has 0 aromatic heterocycles. The number of urea groups is 1. The number of rotatable bonds is 7. The van der Waals surface area contributed by atoms with Gasteiger partial charge in [0, 0.05) is 5.69 Å². The first kappa shape index (κ1) is 19.9. The average Bonchev–Trinajstić information content (AvgIpc) is 2.53. The monoisotopic (exact) mass is 356 g/mol. The van der Waals surface area contributed by atoms with Crippen molar-refractivity contribution in [2.75, 3.05) is 12.4 Å². The SMILES string of the molecule is CC[C@H](C)[C@H](NC(N)=O)C(=O)Nc1ccc(C)c(S(=O)(=O)NC)c1. The number of hydrogen-bond acceptors (Lipinski definition) is 4. The number of nitrogens with one attached hydrogen (secondary N) is 3. The van der Waals surface area contributed by atoms with Crippen molar-refractivity contribution >= 4 is 27.6 Å². The molecular weight excluding hydrogens is 332 g/mol. The Hall–Kier alpha value is -2.13. The molecule has 3 amide bonds. The highest BCUT2D eigenvalue weighted by Crippen LogP contribution is 2.20. The van der Waals surface area contributed by atoms with Gasteiger partial charge in [-0.25, -0.2) is 17.9 Å². The van der Waals surface area contributed by atoms with Gasteiger partial charge in [0.05, 0.1) is 4.90 Å². The molecule has 0 heterocycles. The van der Waals surface area contributed by atoms with Crippen LogP contribution >= 0.6 is 0 Å². The number of carbonyl (C=O) groups is 2. The zero-order valence-corrected chi connectivity index (χ0v) is 15.0. The fraction of sp³-hybridized carbons (Fsp3) is 0.467. The molecule has 1 aromatic rings. The summed E-state index contributed by atoms with van der Waals surface area (Å²) in [6.07, 6.45) is 0.658. The highest BCUT2D eigenvalue weighted by Gasteiger charge is 2.25. The van der Waals surface area contributed by atoms with Crippen molar-refractivity contribution in [1.29, 1.82) is 0 Å². The third-order valence-electron chi connectivity index (χ3n) is 3.81. The Balaban J connectivity index is 3.09. The second kappa shape index (κ2) is 8.11. The Morgan fingerprint density at radius 1 is 1.29 bits per heavy atom. The summed E-state index contributed by atoms with van der Waals surface area (Å²) in [7, 11) is -2.32. The van der Waals surface area contributed by atoms with E-state index in [2.05, 4.69) is 15.4 Å². The number of benzene rings is 1. The number of aryl methyl sites for hydroxylation is 1. The highest BCUT2D eigenvalue weighted by atomic mass is 32.2. The van der Waals surface area contributed by atoms with Crippen molar-refractivity contribution < 1.29 is 18.0 Å². The number of amides is 3. The molecule has 134 valence electrons. The van der Waals surface area contributed by atoms with E-state index in [1.54, 1.807) is 19.1 Å². The maximum Gasteiger partial charge on any atom is 0.312 e. The van der Waals surface area contributed by atoms with Crippen LogP contribution in [-0.2, 0) is 14.8 Å². The van der Waals surface area contributed by atoms with Crippen LogP contribution in [0.1, 0.15) is 25.8 Å². The van der Waals surface area contributed by atoms with E-state index in [1.165, 1.54) is 13.1 Å². The van der Waals surface area contributed by atoms with Crippen LogP contribution in [0.5, 0.6) is 0 Å². The highest BCUT2D eigenvalue weighted by molar-refractivity contribution is 7.89. The van der Waals surface area contributed by atoms with E-state index in [0.29, 0.717) is 17.7 Å². The van der Waals surface area contributed by atoms with Crippen LogP contribution in [0, 0.1) is 12.8 Å². The normalized spacial score (nSPS) is 13.8. The van der Waals surface area contributed by atoms with E-state index in [1.807, 2.05) is 13.8 Å². The van der Waals surface area contributed by atoms with Crippen molar-refractivity contribution in [3.8, 4) is 0 Å². The minimum absolute atomic E-state index is 0.0748. The number of hydrogen-bond donors (Lipinski definition) is 4. The van der Waals surface area contributed by atoms with Gasteiger partial charge in [0.25, 0.3) is 0 Å². The Kier molecular flexibility index (Phi) is 6.73. The van der Waals surface area contributed by atoms with E-state index < -0.39 is 28.0 Å². The first-order valence-electron chi connectivity index (χ1n) is 7.53. The summed E-state index contributed by atoms with van der Waals surface area (Å²) in [6, 6.07) is 2.96. The van der Waals surface area contributed by atoms with Gasteiger partial charge in [-0.3, -0.25) is 4.79 Å². The Labute approximate surface area is 142 Å². The van der Waals surface area contributed by atoms with Gasteiger partial charge in [-0.15, -0.1) is 0 Å². The number of anilines is 1. The van der Waals surface area contributed by atoms with Crippen molar-refractivity contribution in [2.45, 2.75) is 38.1 Å². The minimum atomic E-state index is -3.64. The summed E-state index contributed by atoms with van der Waals surface area (Å²) in [5.41, 5.74) is 5.99. The molecule has 5 N–H and O–H groups in total. The second-order valence-corrected chi connectivity index (χ2v) is 7.40. The Bertz CT molecular complexity index is 718. The lowest BCUT2D eigenvalue weighted by atomic mass is 9.98. The molecule has 0 saturated heterocycles. The largest absolute Gasteiger partial charge is 0.352 e. The van der Waals surface area contributed by atoms with Gasteiger partial charge in [-0.1, -0.05) is 26.3 Å². The van der Waals surface area contributed by atoms with Crippen LogP contribution in [0.4, 0.5) is 10.5 Å². The molecule has 0 fully saturated rings. The van der Waals surface area contributed by atoms with Gasteiger partial charge < -0.3 is 16.4 Å². The van der Waals surface area contributed by atoms with Crippen molar-refractivity contribution in [2.24, 2.45) is 11.7 Å². The first-order valence-corrected chi connectivity index (χ1v) is 9.01. The van der Waals surface area contributed by atoms with Crippen LogP contribution < -0.4 is 21.1 Å². The van der Waals surface area contributed by atoms with Gasteiger partial charge in [-0.2, -0.15) is 0 Å². The smallest absolute Gasteiger partial charge is 0.312 e. The number of nitrogens with two attached hydrogens (primary N) is 1. The fourth-order valence-corrected chi connectivity index (χ4v) is 3.15. The lowest BCUT2D eigenvalue weighted by Crippen LogP contribution is -2.49. The predicted molar refractivity (Wildman–Crippen MR) is 92.0 cm³/mol. The van der Waals surface area contributed by atoms with Gasteiger partial charge >= 0.3 is 6.03 Å². The molecule has 8 nitrogen and oxygen atoms in total. The number of carbonyl (C=O) groups excluding carboxylic acids is 2. The van der Waals surface area contributed by atoms with Crippen LogP contribution in [0.3, 0.4) is 0 Å². The van der Waals surface area contributed by atoms with Crippen LogP contribution in [0.2, 0.25) is 0 Å². The molecular formula is C15H24N4O4S. The average molecular weight is 356 g/mol. The van der Waals surface area contributed by atoms with E-state index in [0.717, 1.165) is 0 Å². The molecule has 24 heavy (non-hydrogen) atoms. The van der Waals surface area contributed by atoms with E-state index in [9.17, 15) is 18.0 Å². The molecule has 0 spiro atoms. The molecule has 0 aliphatic carbocycles. The van der Waals surface area contributed by atoms with Crippen molar-refractivity contribution in [3.05, 3.63) is 23.8 Å². The maximum absolute atomic E-state index is 12.4. The minimum Gasteiger partial charge on any atom is -0.352 e. The van der Waals surface area contributed by atoms with Crippen LogP contribution in [0.15, 0.2) is 23.1 Å². The summed E-state index contributed by atoms with van der Waals surface area (Å²) in [4.78, 5) is 23.6. The van der Waals surface area contributed by atoms with E-state index in [-0.39, 0.29) is 10.8 Å². The molecule has 0 unspecified atom stereocenters. The molecule has 0 radical (unpaired) electrons. The number of sulfonamides is 1. The van der Waals surface area contributed by atoms with Gasteiger partial charge in [0.1, 0.15) is 6.04 Å². The second-order valence-electron chi connectivity index (χ2n) is 5.55. The first-order chi connectivity index (χ1) is 11.1. The molecule has 0 aliphatic rings. The molecule has 0 saturated carbocycles. The maximum atomic E-state index is 12.4. The lowest BCUT2D eigenvalue weighted by molar-refractivity contribution is -0.119. The number of primary amides is 1. The molecule has 0 bridgehead atoms. The molecule has 9 heteroatoms. The summed E-state index contributed by atoms with van der Waals surface area (Å²) < 4.78 is 26.2. The molecule has 2 atom stereocenters. The molecule has 1 rings (SSSR count). The van der Waals surface area contributed by atoms with E-state index >= 15 is 0 Å². The van der Waals surface area contributed by atoms with Crippen LogP contribution in [-0.4, -0.2) is 33.4 Å². The molecule has 1 aromatic carbocycles. The third-order valence-corrected chi connectivity index (χ3v) is 5.36. The topological polar surface area (TPSA) is 130 Å². The summed E-state index contributed by atoms with van der Waals surface area (Å²) in [5.74, 6) is -0.594. The third kappa shape index (κ3) is 4.93. The van der Waals surface area contributed by atoms with Crippen molar-refractivity contribution in [3.63, 3.8) is 0 Å². The molecule has 0 aliphatic heterocycles. The summed E-state index contributed by atoms with van der Waals surface area (Å²) >= 11 is 0. The van der Waals surface area contributed by atoms with Crippen molar-refractivity contribution in [1.82, 2.24) is 10.0 Å². The summed E-state index contributed by atoms with van der Waals surface area (Å²) in [6.45, 7) is 5.36. The fourth-order valence-electron chi connectivity index (χ4n) is 2.15. The lowest BCUT2D eigenvalue weighted by Gasteiger charge is -2.22. The van der Waals surface area contributed by atoms with Crippen LogP contribution in [0.25, 0.3) is 0 Å². The van der Waals surface area contributed by atoms with Gasteiger partial charge in [0.2, 0.25) is 15.9 Å². The Morgan fingerprint density at radius 3 is 2.42 bits per heavy atom. The van der Waals surface area contributed by atoms with Gasteiger partial charge in [0.15, 0.2) is 0 Å². The van der Waals surface area contributed by atoms with E-state index in [4.69, 9.17) is 5.73 Å². The van der Waals surface area contributed by atoms with Gasteiger partial charge in [-0.05, 0) is 37.6 Å².